The topological polar surface area (TPSA) is 100 Å². The second-order valence-corrected chi connectivity index (χ2v) is 11.4. The van der Waals surface area contributed by atoms with Crippen molar-refractivity contribution in [1.29, 1.82) is 0 Å². The summed E-state index contributed by atoms with van der Waals surface area (Å²) in [6.07, 6.45) is 0. The van der Waals surface area contributed by atoms with Crippen LogP contribution in [0, 0.1) is 6.92 Å². The van der Waals surface area contributed by atoms with Crippen molar-refractivity contribution in [3.63, 3.8) is 0 Å². The molecular weight excluding hydrogens is 602 g/mol. The number of nitrogens with one attached hydrogen (secondary N) is 1. The Morgan fingerprint density at radius 2 is 1.87 bits per heavy atom. The van der Waals surface area contributed by atoms with E-state index in [4.69, 9.17) is 20.9 Å². The molecule has 5 aromatic rings. The summed E-state index contributed by atoms with van der Waals surface area (Å²) in [7, 11) is 0. The van der Waals surface area contributed by atoms with Crippen molar-refractivity contribution in [1.82, 2.24) is 10.1 Å². The second-order valence-electron chi connectivity index (χ2n) is 8.82. The van der Waals surface area contributed by atoms with Crippen LogP contribution in [0.15, 0.2) is 86.8 Å². The third-order valence-corrected chi connectivity index (χ3v) is 8.14. The average molecular weight is 625 g/mol. The lowest BCUT2D eigenvalue weighted by atomic mass is 10.1. The zero-order valence-corrected chi connectivity index (χ0v) is 24.2. The molecule has 10 heteroatoms. The highest BCUT2D eigenvalue weighted by Gasteiger charge is 2.30. The van der Waals surface area contributed by atoms with Gasteiger partial charge < -0.3 is 19.1 Å². The number of ketones is 1. The van der Waals surface area contributed by atoms with Crippen LogP contribution in [0.4, 0.5) is 11.4 Å². The van der Waals surface area contributed by atoms with Crippen molar-refractivity contribution in [2.75, 3.05) is 5.32 Å². The molecule has 2 aromatic heterocycles. The van der Waals surface area contributed by atoms with Gasteiger partial charge in [0.2, 0.25) is 0 Å². The summed E-state index contributed by atoms with van der Waals surface area (Å²) in [6, 6.07) is 22.5. The number of fused-ring (bicyclic) bond motifs is 1. The highest BCUT2D eigenvalue weighted by Crippen LogP contribution is 2.41. The van der Waals surface area contributed by atoms with Gasteiger partial charge in [-0.25, -0.2) is 0 Å². The number of aromatic nitrogens is 2. The van der Waals surface area contributed by atoms with Gasteiger partial charge in [0.25, 0.3) is 5.03 Å². The fraction of sp³-hybridized carbons (Fsp3) is 0.138. The molecule has 0 saturated carbocycles. The molecule has 39 heavy (non-hydrogen) atoms. The standard InChI is InChI=1S/C29H23BrClN3O4S/c1-17-14-21(34-38-17)16-39(36)29-25(18(2)35)28(26-24(31)13-12-23(30)27(26)33-29)32-20-8-10-22(11-9-20)37-15-19-6-4-3-5-7-19/h3-14H,15-16H2,1-2H3,(H,32,33). The number of aryl methyl sites for hydroxylation is 1. The number of Topliss-reactive ketones (excluding diaryl/α,β-unsaturated/α-hetero) is 1. The van der Waals surface area contributed by atoms with Crippen LogP contribution in [0.5, 0.6) is 5.75 Å². The maximum absolute atomic E-state index is 13.5. The summed E-state index contributed by atoms with van der Waals surface area (Å²) in [5.74, 6) is 1.04. The summed E-state index contributed by atoms with van der Waals surface area (Å²) in [5.41, 5.74) is 3.37. The monoisotopic (exact) mass is 623 g/mol. The molecule has 1 unspecified atom stereocenters. The van der Waals surface area contributed by atoms with Crippen molar-refractivity contribution in [3.8, 4) is 5.75 Å². The smallest absolute Gasteiger partial charge is 0.258 e. The number of carbonyl (C=O) groups excluding carboxylic acids is 1. The molecule has 3 aromatic carbocycles. The van der Waals surface area contributed by atoms with Gasteiger partial charge in [-0.15, -0.1) is 0 Å². The molecule has 198 valence electrons. The molecule has 0 aliphatic heterocycles. The predicted octanol–water partition coefficient (Wildman–Crippen LogP) is 7.78. The minimum atomic E-state index is -1.70. The van der Waals surface area contributed by atoms with Crippen LogP contribution >= 0.6 is 27.5 Å². The minimum Gasteiger partial charge on any atom is -0.610 e. The van der Waals surface area contributed by atoms with Crippen LogP contribution in [0.3, 0.4) is 0 Å². The molecule has 1 N–H and O–H groups in total. The third kappa shape index (κ3) is 6.12. The molecule has 0 aliphatic rings. The van der Waals surface area contributed by atoms with Crippen LogP contribution in [-0.2, 0) is 23.5 Å². The van der Waals surface area contributed by atoms with E-state index in [2.05, 4.69) is 31.4 Å². The van der Waals surface area contributed by atoms with Crippen molar-refractivity contribution in [2.24, 2.45) is 0 Å². The predicted molar refractivity (Wildman–Crippen MR) is 156 cm³/mol. The van der Waals surface area contributed by atoms with E-state index in [1.54, 1.807) is 25.1 Å². The fourth-order valence-electron chi connectivity index (χ4n) is 4.10. The summed E-state index contributed by atoms with van der Waals surface area (Å²) >= 11 is 8.48. The lowest BCUT2D eigenvalue weighted by Gasteiger charge is -2.19. The van der Waals surface area contributed by atoms with Gasteiger partial charge in [0.15, 0.2) is 11.5 Å². The van der Waals surface area contributed by atoms with E-state index in [-0.39, 0.29) is 22.1 Å². The number of anilines is 2. The van der Waals surface area contributed by atoms with E-state index < -0.39 is 11.2 Å². The second kappa shape index (κ2) is 11.8. The molecular formula is C29H23BrClN3O4S. The van der Waals surface area contributed by atoms with Crippen LogP contribution < -0.4 is 10.1 Å². The first kappa shape index (κ1) is 27.2. The number of pyridine rings is 1. The van der Waals surface area contributed by atoms with E-state index in [0.717, 1.165) is 5.56 Å². The van der Waals surface area contributed by atoms with Crippen LogP contribution in [0.1, 0.15) is 34.3 Å². The molecule has 0 radical (unpaired) electrons. The lowest BCUT2D eigenvalue weighted by Crippen LogP contribution is -2.15. The normalized spacial score (nSPS) is 11.9. The largest absolute Gasteiger partial charge is 0.610 e. The molecule has 0 aliphatic carbocycles. The van der Waals surface area contributed by atoms with Gasteiger partial charge in [0.1, 0.15) is 29.4 Å². The number of rotatable bonds is 9. The Morgan fingerprint density at radius 3 is 2.54 bits per heavy atom. The zero-order chi connectivity index (χ0) is 27.5. The third-order valence-electron chi connectivity index (χ3n) is 5.90. The zero-order valence-electron chi connectivity index (χ0n) is 21.0. The Bertz CT molecular complexity index is 1640. The highest BCUT2D eigenvalue weighted by molar-refractivity contribution is 9.10. The van der Waals surface area contributed by atoms with E-state index in [1.165, 1.54) is 6.92 Å². The molecule has 5 rings (SSSR count). The summed E-state index contributed by atoms with van der Waals surface area (Å²) in [4.78, 5) is 17.7. The van der Waals surface area contributed by atoms with Gasteiger partial charge in [-0.1, -0.05) is 47.1 Å². The Balaban J connectivity index is 1.53. The van der Waals surface area contributed by atoms with Gasteiger partial charge in [0, 0.05) is 32.8 Å². The average Bonchev–Trinajstić information content (AvgIpc) is 3.34. The SMILES string of the molecule is CC(=O)c1c([S+]([O-])Cc2cc(C)on2)nc2c(Br)ccc(Cl)c2c1Nc1ccc(OCc2ccccc2)cc1. The van der Waals surface area contributed by atoms with Gasteiger partial charge in [0.05, 0.1) is 16.2 Å². The molecule has 0 spiro atoms. The lowest BCUT2D eigenvalue weighted by molar-refractivity contribution is 0.101. The number of ether oxygens (including phenoxy) is 1. The molecule has 0 bridgehead atoms. The van der Waals surface area contributed by atoms with Crippen molar-refractivity contribution < 1.29 is 18.6 Å². The van der Waals surface area contributed by atoms with E-state index in [0.29, 0.717) is 55.6 Å². The van der Waals surface area contributed by atoms with E-state index in [9.17, 15) is 9.35 Å². The fourth-order valence-corrected chi connectivity index (χ4v) is 5.98. The first-order valence-corrected chi connectivity index (χ1v) is 14.5. The van der Waals surface area contributed by atoms with Crippen LogP contribution in [0.2, 0.25) is 5.02 Å². The molecule has 0 amide bonds. The Morgan fingerprint density at radius 1 is 1.13 bits per heavy atom. The molecule has 7 nitrogen and oxygen atoms in total. The Kier molecular flexibility index (Phi) is 8.23. The van der Waals surface area contributed by atoms with Crippen molar-refractivity contribution >= 4 is 66.8 Å². The Hall–Kier alpha value is -3.37. The quantitative estimate of drug-likeness (QED) is 0.132. The van der Waals surface area contributed by atoms with E-state index >= 15 is 0 Å². The Labute approximate surface area is 241 Å². The molecule has 2 heterocycles. The number of nitrogens with zero attached hydrogens (tertiary/aromatic N) is 2. The van der Waals surface area contributed by atoms with Gasteiger partial charge >= 0.3 is 0 Å². The van der Waals surface area contributed by atoms with Gasteiger partial charge in [-0.2, -0.15) is 4.98 Å². The first-order valence-electron chi connectivity index (χ1n) is 12.0. The summed E-state index contributed by atoms with van der Waals surface area (Å²) < 4.78 is 25.2. The number of benzene rings is 3. The summed E-state index contributed by atoms with van der Waals surface area (Å²) in [6.45, 7) is 3.62. The van der Waals surface area contributed by atoms with Gasteiger partial charge in [-0.05, 0) is 71.7 Å². The first-order chi connectivity index (χ1) is 18.8. The van der Waals surface area contributed by atoms with Gasteiger partial charge in [-0.3, -0.25) is 4.79 Å². The number of hydrogen-bond donors (Lipinski definition) is 1. The van der Waals surface area contributed by atoms with E-state index in [1.807, 2.05) is 54.6 Å². The maximum atomic E-state index is 13.5. The molecule has 0 saturated heterocycles. The van der Waals surface area contributed by atoms with Crippen LogP contribution in [-0.4, -0.2) is 20.5 Å². The van der Waals surface area contributed by atoms with Crippen molar-refractivity contribution in [2.45, 2.75) is 31.2 Å². The number of halogens is 2. The minimum absolute atomic E-state index is 0.0429. The van der Waals surface area contributed by atoms with Crippen LogP contribution in [0.25, 0.3) is 10.9 Å². The molecule has 0 fully saturated rings. The number of carbonyl (C=O) groups is 1. The number of hydrogen-bond acceptors (Lipinski definition) is 7. The maximum Gasteiger partial charge on any atom is 0.258 e. The summed E-state index contributed by atoms with van der Waals surface area (Å²) in [5, 5.41) is 8.37. The van der Waals surface area contributed by atoms with Crippen molar-refractivity contribution in [3.05, 3.63) is 105 Å². The highest BCUT2D eigenvalue weighted by atomic mass is 79.9. The molecule has 1 atom stereocenters.